The molecule has 2 atom stereocenters. The van der Waals surface area contributed by atoms with Gasteiger partial charge >= 0.3 is 0 Å². The number of piperidine rings is 1. The van der Waals surface area contributed by atoms with E-state index in [1.54, 1.807) is 16.2 Å². The Morgan fingerprint density at radius 3 is 2.89 bits per heavy atom. The number of thiophene rings is 1. The van der Waals surface area contributed by atoms with Crippen LogP contribution in [0.3, 0.4) is 0 Å². The van der Waals surface area contributed by atoms with E-state index in [1.807, 2.05) is 41.8 Å². The molecule has 2 N–H and O–H groups in total. The van der Waals surface area contributed by atoms with Gasteiger partial charge in [0.05, 0.1) is 18.2 Å². The summed E-state index contributed by atoms with van der Waals surface area (Å²) in [5.41, 5.74) is 0.742. The first kappa shape index (κ1) is 19.0. The van der Waals surface area contributed by atoms with Gasteiger partial charge < -0.3 is 15.5 Å². The highest BCUT2D eigenvalue weighted by Gasteiger charge is 2.38. The molecule has 0 spiro atoms. The molecule has 3 heterocycles. The van der Waals surface area contributed by atoms with Crippen molar-refractivity contribution in [2.24, 2.45) is 5.92 Å². The number of carbonyl (C=O) groups is 3. The number of nitrogens with zero attached hydrogens (tertiary/aromatic N) is 1. The normalized spacial score (nSPS) is 21.6. The second-order valence-electron chi connectivity index (χ2n) is 6.90. The Hall–Kier alpha value is -2.32. The van der Waals surface area contributed by atoms with Crippen LogP contribution in [0.2, 0.25) is 0 Å². The minimum Gasteiger partial charge on any atom is -0.351 e. The Bertz CT molecular complexity index is 885. The molecule has 28 heavy (non-hydrogen) atoms. The van der Waals surface area contributed by atoms with Crippen molar-refractivity contribution in [1.29, 1.82) is 0 Å². The lowest BCUT2D eigenvalue weighted by atomic mass is 9.96. The van der Waals surface area contributed by atoms with E-state index >= 15 is 0 Å². The van der Waals surface area contributed by atoms with Gasteiger partial charge in [0.25, 0.3) is 0 Å². The third-order valence-corrected chi connectivity index (χ3v) is 7.11. The summed E-state index contributed by atoms with van der Waals surface area (Å²) in [6.45, 7) is 1.46. The number of likely N-dealkylation sites (tertiary alicyclic amines) is 1. The zero-order valence-electron chi connectivity index (χ0n) is 15.2. The van der Waals surface area contributed by atoms with Gasteiger partial charge in [0.15, 0.2) is 5.25 Å². The van der Waals surface area contributed by atoms with Crippen molar-refractivity contribution in [1.82, 2.24) is 10.2 Å². The molecule has 2 aliphatic heterocycles. The summed E-state index contributed by atoms with van der Waals surface area (Å²) < 4.78 is 0. The SMILES string of the molecule is O=C(NCc1cccs1)[C@H]1CCCN(C(=O)[C@H]2Sc3ccccc3NC2=O)C1. The molecule has 0 radical (unpaired) electrons. The van der Waals surface area contributed by atoms with Gasteiger partial charge in [-0.1, -0.05) is 18.2 Å². The van der Waals surface area contributed by atoms with E-state index in [0.29, 0.717) is 19.6 Å². The Labute approximate surface area is 171 Å². The first-order valence-electron chi connectivity index (χ1n) is 9.27. The topological polar surface area (TPSA) is 78.5 Å². The molecular weight excluding hydrogens is 394 g/mol. The van der Waals surface area contributed by atoms with E-state index in [0.717, 1.165) is 28.3 Å². The third-order valence-electron chi connectivity index (χ3n) is 4.97. The number of benzene rings is 1. The fourth-order valence-corrected chi connectivity index (χ4v) is 5.22. The summed E-state index contributed by atoms with van der Waals surface area (Å²) in [4.78, 5) is 41.6. The third kappa shape index (κ3) is 4.07. The van der Waals surface area contributed by atoms with Gasteiger partial charge in [0.2, 0.25) is 17.7 Å². The Kier molecular flexibility index (Phi) is 5.68. The van der Waals surface area contributed by atoms with E-state index in [1.165, 1.54) is 11.8 Å². The van der Waals surface area contributed by atoms with Crippen molar-refractivity contribution in [3.05, 3.63) is 46.7 Å². The first-order valence-corrected chi connectivity index (χ1v) is 11.0. The number of hydrogen-bond donors (Lipinski definition) is 2. The van der Waals surface area contributed by atoms with Gasteiger partial charge in [-0.2, -0.15) is 0 Å². The lowest BCUT2D eigenvalue weighted by Crippen LogP contribution is -2.50. The molecule has 1 saturated heterocycles. The van der Waals surface area contributed by atoms with Crippen LogP contribution in [-0.2, 0) is 20.9 Å². The predicted octanol–water partition coefficient (Wildman–Crippen LogP) is 2.72. The molecule has 3 amide bonds. The van der Waals surface area contributed by atoms with Crippen molar-refractivity contribution in [2.75, 3.05) is 18.4 Å². The number of amides is 3. The molecule has 2 aromatic rings. The van der Waals surface area contributed by atoms with Gasteiger partial charge in [0.1, 0.15) is 0 Å². The molecule has 0 aliphatic carbocycles. The summed E-state index contributed by atoms with van der Waals surface area (Å²) in [6.07, 6.45) is 1.52. The number of thioether (sulfide) groups is 1. The van der Waals surface area contributed by atoms with E-state index in [4.69, 9.17) is 0 Å². The molecule has 2 aliphatic rings. The Morgan fingerprint density at radius 2 is 2.07 bits per heavy atom. The van der Waals surface area contributed by atoms with Gasteiger partial charge in [-0.15, -0.1) is 23.1 Å². The molecule has 146 valence electrons. The van der Waals surface area contributed by atoms with Gasteiger partial charge in [-0.3, -0.25) is 14.4 Å². The Morgan fingerprint density at radius 1 is 1.21 bits per heavy atom. The standard InChI is InChI=1S/C20H21N3O3S2/c24-18(21-11-14-6-4-10-27-14)13-5-3-9-23(12-13)20(26)17-19(25)22-15-7-1-2-8-16(15)28-17/h1-2,4,6-8,10,13,17H,3,5,9,11-12H2,(H,21,24)(H,22,25)/t13-,17-/m0/s1. The Balaban J connectivity index is 1.38. The maximum absolute atomic E-state index is 13.0. The number of nitrogens with one attached hydrogen (secondary N) is 2. The molecule has 0 bridgehead atoms. The van der Waals surface area contributed by atoms with E-state index in [9.17, 15) is 14.4 Å². The second-order valence-corrected chi connectivity index (χ2v) is 9.08. The summed E-state index contributed by atoms with van der Waals surface area (Å²) in [5.74, 6) is -0.774. The van der Waals surface area contributed by atoms with Crippen LogP contribution < -0.4 is 10.6 Å². The number of anilines is 1. The predicted molar refractivity (Wildman–Crippen MR) is 110 cm³/mol. The average molecular weight is 416 g/mol. The van der Waals surface area contributed by atoms with Crippen LogP contribution in [0.15, 0.2) is 46.7 Å². The van der Waals surface area contributed by atoms with Gasteiger partial charge in [-0.05, 0) is 36.4 Å². The number of carbonyl (C=O) groups excluding carboxylic acids is 3. The van der Waals surface area contributed by atoms with Crippen molar-refractivity contribution < 1.29 is 14.4 Å². The molecule has 0 saturated carbocycles. The smallest absolute Gasteiger partial charge is 0.247 e. The molecule has 0 unspecified atom stereocenters. The fraction of sp³-hybridized carbons (Fsp3) is 0.350. The maximum atomic E-state index is 13.0. The zero-order valence-corrected chi connectivity index (χ0v) is 16.9. The molecule has 1 aromatic carbocycles. The molecule has 1 aromatic heterocycles. The van der Waals surface area contributed by atoms with Gasteiger partial charge in [-0.25, -0.2) is 0 Å². The van der Waals surface area contributed by atoms with Crippen LogP contribution >= 0.6 is 23.1 Å². The highest BCUT2D eigenvalue weighted by atomic mass is 32.2. The summed E-state index contributed by atoms with van der Waals surface area (Å²) >= 11 is 2.89. The molecule has 6 nitrogen and oxygen atoms in total. The number of fused-ring (bicyclic) bond motifs is 1. The van der Waals surface area contributed by atoms with Crippen molar-refractivity contribution >= 4 is 46.5 Å². The molecular formula is C20H21N3O3S2. The minimum absolute atomic E-state index is 0.0306. The van der Waals surface area contributed by atoms with Crippen LogP contribution in [0.25, 0.3) is 0 Å². The van der Waals surface area contributed by atoms with E-state index < -0.39 is 5.25 Å². The van der Waals surface area contributed by atoms with E-state index in [2.05, 4.69) is 10.6 Å². The van der Waals surface area contributed by atoms with Gasteiger partial charge in [0, 0.05) is 22.9 Å². The number of rotatable bonds is 4. The van der Waals surface area contributed by atoms with Crippen molar-refractivity contribution in [3.8, 4) is 0 Å². The average Bonchev–Trinajstić information content (AvgIpc) is 3.25. The lowest BCUT2D eigenvalue weighted by molar-refractivity contribution is -0.137. The zero-order chi connectivity index (χ0) is 19.5. The fourth-order valence-electron chi connectivity index (χ4n) is 3.50. The summed E-state index contributed by atoms with van der Waals surface area (Å²) in [6, 6.07) is 11.4. The van der Waals surface area contributed by atoms with Crippen LogP contribution in [0, 0.1) is 5.92 Å². The molecule has 1 fully saturated rings. The van der Waals surface area contributed by atoms with Crippen molar-refractivity contribution in [2.45, 2.75) is 29.5 Å². The number of hydrogen-bond acceptors (Lipinski definition) is 5. The maximum Gasteiger partial charge on any atom is 0.247 e. The van der Waals surface area contributed by atoms with E-state index in [-0.39, 0.29) is 23.6 Å². The summed E-state index contributed by atoms with van der Waals surface area (Å²) in [5, 5.41) is 6.96. The van der Waals surface area contributed by atoms with Crippen molar-refractivity contribution in [3.63, 3.8) is 0 Å². The molecule has 8 heteroatoms. The first-order chi connectivity index (χ1) is 13.6. The lowest BCUT2D eigenvalue weighted by Gasteiger charge is -2.35. The minimum atomic E-state index is -0.803. The second kappa shape index (κ2) is 8.36. The summed E-state index contributed by atoms with van der Waals surface area (Å²) in [7, 11) is 0. The van der Waals surface area contributed by atoms with Crippen LogP contribution in [-0.4, -0.2) is 41.0 Å². The highest BCUT2D eigenvalue weighted by Crippen LogP contribution is 2.36. The largest absolute Gasteiger partial charge is 0.351 e. The number of para-hydroxylation sites is 1. The molecule has 4 rings (SSSR count). The van der Waals surface area contributed by atoms with Crippen LogP contribution in [0.1, 0.15) is 17.7 Å². The quantitative estimate of drug-likeness (QED) is 0.753. The van der Waals surface area contributed by atoms with Crippen LogP contribution in [0.5, 0.6) is 0 Å². The monoisotopic (exact) mass is 415 g/mol. The van der Waals surface area contributed by atoms with Crippen LogP contribution in [0.4, 0.5) is 5.69 Å². The highest BCUT2D eigenvalue weighted by molar-refractivity contribution is 8.01.